The molecular formula is C25H28N2O2. The summed E-state index contributed by atoms with van der Waals surface area (Å²) >= 11 is 0. The zero-order chi connectivity index (χ0) is 20.0. The summed E-state index contributed by atoms with van der Waals surface area (Å²) in [6.07, 6.45) is 5.39. The monoisotopic (exact) mass is 388 g/mol. The van der Waals surface area contributed by atoms with E-state index < -0.39 is 0 Å². The van der Waals surface area contributed by atoms with Crippen molar-refractivity contribution >= 4 is 11.8 Å². The van der Waals surface area contributed by atoms with Crippen molar-refractivity contribution in [3.05, 3.63) is 70.8 Å². The third-order valence-electron chi connectivity index (χ3n) is 6.63. The van der Waals surface area contributed by atoms with Crippen LogP contribution in [0.1, 0.15) is 71.1 Å². The number of carbonyl (C=O) groups excluding carboxylic acids is 2. The van der Waals surface area contributed by atoms with Crippen LogP contribution in [0.3, 0.4) is 0 Å². The summed E-state index contributed by atoms with van der Waals surface area (Å²) in [6, 6.07) is 16.1. The molecule has 2 fully saturated rings. The van der Waals surface area contributed by atoms with Gasteiger partial charge in [0.2, 0.25) is 5.91 Å². The summed E-state index contributed by atoms with van der Waals surface area (Å²) in [5, 5.41) is 0. The fourth-order valence-electron chi connectivity index (χ4n) is 5.09. The zero-order valence-corrected chi connectivity index (χ0v) is 17.0. The number of benzene rings is 2. The molecule has 0 N–H and O–H groups in total. The van der Waals surface area contributed by atoms with Crippen LogP contribution < -0.4 is 0 Å². The molecule has 3 aliphatic rings. The molecule has 1 saturated carbocycles. The maximum absolute atomic E-state index is 13.9. The number of nitrogens with zero attached hydrogens (tertiary/aromatic N) is 2. The topological polar surface area (TPSA) is 40.6 Å². The number of amides is 2. The molecule has 150 valence electrons. The number of hydrogen-bond donors (Lipinski definition) is 0. The number of hydrogen-bond acceptors (Lipinski definition) is 2. The average molecular weight is 389 g/mol. The summed E-state index contributed by atoms with van der Waals surface area (Å²) in [7, 11) is 0. The Bertz CT molecular complexity index is 943. The van der Waals surface area contributed by atoms with Crippen molar-refractivity contribution in [2.75, 3.05) is 13.1 Å². The van der Waals surface area contributed by atoms with Crippen LogP contribution >= 0.6 is 0 Å². The molecule has 4 heteroatoms. The first-order valence-corrected chi connectivity index (χ1v) is 10.9. The second-order valence-electron chi connectivity index (χ2n) is 8.75. The molecule has 0 bridgehead atoms. The van der Waals surface area contributed by atoms with E-state index >= 15 is 0 Å². The Morgan fingerprint density at radius 3 is 2.45 bits per heavy atom. The highest BCUT2D eigenvalue weighted by molar-refractivity contribution is 6.01. The highest BCUT2D eigenvalue weighted by atomic mass is 16.2. The van der Waals surface area contributed by atoms with E-state index in [0.29, 0.717) is 5.56 Å². The van der Waals surface area contributed by atoms with Gasteiger partial charge in [0.15, 0.2) is 0 Å². The van der Waals surface area contributed by atoms with Gasteiger partial charge in [0.25, 0.3) is 5.91 Å². The second-order valence-corrected chi connectivity index (χ2v) is 8.75. The Kier molecular flexibility index (Phi) is 4.65. The highest BCUT2D eigenvalue weighted by Crippen LogP contribution is 2.48. The minimum absolute atomic E-state index is 0.0808. The van der Waals surface area contributed by atoms with Crippen LogP contribution in [0.4, 0.5) is 0 Å². The average Bonchev–Trinajstić information content (AvgIpc) is 3.59. The maximum atomic E-state index is 13.9. The normalized spacial score (nSPS) is 24.4. The van der Waals surface area contributed by atoms with Crippen LogP contribution in [-0.4, -0.2) is 40.7 Å². The van der Waals surface area contributed by atoms with Crippen LogP contribution in [0.25, 0.3) is 0 Å². The van der Waals surface area contributed by atoms with E-state index in [-0.39, 0.29) is 29.8 Å². The first-order chi connectivity index (χ1) is 14.1. The fraction of sp³-hybridized carbons (Fsp3) is 0.440. The standard InChI is InChI=1S/C25H28N2O2/c1-17-8-7-9-18(16-17)23-22(25(29)26-14-5-2-6-15-26)20-10-3-4-11-21(20)24(28)27(23)19-12-13-19/h3-4,7-11,16,19,22-23H,2,5-6,12-15H2,1H3/t22-,23-/m1/s1. The molecular weight excluding hydrogens is 360 g/mol. The van der Waals surface area contributed by atoms with Gasteiger partial charge in [-0.2, -0.15) is 0 Å². The molecule has 0 radical (unpaired) electrons. The minimum Gasteiger partial charge on any atom is -0.342 e. The number of carbonyl (C=O) groups is 2. The van der Waals surface area contributed by atoms with Gasteiger partial charge in [-0.25, -0.2) is 0 Å². The summed E-state index contributed by atoms with van der Waals surface area (Å²) < 4.78 is 0. The van der Waals surface area contributed by atoms with Gasteiger partial charge in [-0.15, -0.1) is 0 Å². The van der Waals surface area contributed by atoms with Crippen molar-refractivity contribution in [3.8, 4) is 0 Å². The molecule has 0 spiro atoms. The van der Waals surface area contributed by atoms with E-state index in [4.69, 9.17) is 0 Å². The quantitative estimate of drug-likeness (QED) is 0.779. The minimum atomic E-state index is -0.329. The number of piperidine rings is 1. The maximum Gasteiger partial charge on any atom is 0.254 e. The van der Waals surface area contributed by atoms with Crippen molar-refractivity contribution in [2.24, 2.45) is 0 Å². The van der Waals surface area contributed by atoms with Crippen molar-refractivity contribution in [3.63, 3.8) is 0 Å². The number of fused-ring (bicyclic) bond motifs is 1. The first kappa shape index (κ1) is 18.4. The molecule has 29 heavy (non-hydrogen) atoms. The van der Waals surface area contributed by atoms with Crippen molar-refractivity contribution < 1.29 is 9.59 Å². The lowest BCUT2D eigenvalue weighted by atomic mass is 9.78. The molecule has 2 heterocycles. The third-order valence-corrected chi connectivity index (χ3v) is 6.63. The lowest BCUT2D eigenvalue weighted by molar-refractivity contribution is -0.135. The van der Waals surface area contributed by atoms with Crippen molar-refractivity contribution in [2.45, 2.75) is 57.0 Å². The van der Waals surface area contributed by atoms with E-state index in [2.05, 4.69) is 25.1 Å². The van der Waals surface area contributed by atoms with Gasteiger partial charge in [0.05, 0.1) is 12.0 Å². The van der Waals surface area contributed by atoms with E-state index in [1.165, 1.54) is 6.42 Å². The Labute approximate surface area is 172 Å². The Morgan fingerprint density at radius 2 is 1.72 bits per heavy atom. The molecule has 2 aliphatic heterocycles. The Morgan fingerprint density at radius 1 is 0.966 bits per heavy atom. The SMILES string of the molecule is Cc1cccc([C@@H]2[C@H](C(=O)N3CCCCC3)c3ccccc3C(=O)N2C2CC2)c1. The zero-order valence-electron chi connectivity index (χ0n) is 17.0. The number of aryl methyl sites for hydroxylation is 1. The molecule has 0 unspecified atom stereocenters. The molecule has 4 nitrogen and oxygen atoms in total. The van der Waals surface area contributed by atoms with Gasteiger partial charge in [-0.05, 0) is 56.2 Å². The van der Waals surface area contributed by atoms with E-state index in [9.17, 15) is 9.59 Å². The summed E-state index contributed by atoms with van der Waals surface area (Å²) in [4.78, 5) is 31.4. The lowest BCUT2D eigenvalue weighted by Crippen LogP contribution is -2.50. The van der Waals surface area contributed by atoms with E-state index in [1.807, 2.05) is 40.1 Å². The summed E-state index contributed by atoms with van der Waals surface area (Å²) in [5.74, 6) is -0.0662. The second kappa shape index (κ2) is 7.33. The summed E-state index contributed by atoms with van der Waals surface area (Å²) in [6.45, 7) is 3.73. The van der Waals surface area contributed by atoms with Gasteiger partial charge < -0.3 is 9.80 Å². The van der Waals surface area contributed by atoms with Crippen LogP contribution in [0.2, 0.25) is 0 Å². The number of rotatable bonds is 3. The molecule has 2 aromatic rings. The largest absolute Gasteiger partial charge is 0.342 e. The smallest absolute Gasteiger partial charge is 0.254 e. The van der Waals surface area contributed by atoms with Crippen molar-refractivity contribution in [1.82, 2.24) is 9.80 Å². The van der Waals surface area contributed by atoms with Gasteiger partial charge in [-0.1, -0.05) is 48.0 Å². The van der Waals surface area contributed by atoms with Crippen LogP contribution in [-0.2, 0) is 4.79 Å². The van der Waals surface area contributed by atoms with E-state index in [0.717, 1.165) is 55.5 Å². The third kappa shape index (κ3) is 3.25. The number of likely N-dealkylation sites (tertiary alicyclic amines) is 1. The molecule has 0 aromatic heterocycles. The first-order valence-electron chi connectivity index (χ1n) is 10.9. The fourth-order valence-corrected chi connectivity index (χ4v) is 5.09. The van der Waals surface area contributed by atoms with Crippen LogP contribution in [0, 0.1) is 6.92 Å². The van der Waals surface area contributed by atoms with E-state index in [1.54, 1.807) is 0 Å². The predicted molar refractivity (Wildman–Crippen MR) is 113 cm³/mol. The molecule has 2 atom stereocenters. The van der Waals surface area contributed by atoms with Gasteiger partial charge >= 0.3 is 0 Å². The molecule has 1 aliphatic carbocycles. The Hall–Kier alpha value is -2.62. The highest BCUT2D eigenvalue weighted by Gasteiger charge is 2.49. The predicted octanol–water partition coefficient (Wildman–Crippen LogP) is 4.45. The molecule has 1 saturated heterocycles. The molecule has 5 rings (SSSR count). The summed E-state index contributed by atoms with van der Waals surface area (Å²) in [5.41, 5.74) is 3.85. The Balaban J connectivity index is 1.66. The molecule has 2 aromatic carbocycles. The van der Waals surface area contributed by atoms with Gasteiger partial charge in [0, 0.05) is 24.7 Å². The van der Waals surface area contributed by atoms with Gasteiger partial charge in [0.1, 0.15) is 0 Å². The van der Waals surface area contributed by atoms with Crippen LogP contribution in [0.15, 0.2) is 48.5 Å². The van der Waals surface area contributed by atoms with Crippen LogP contribution in [0.5, 0.6) is 0 Å². The molecule has 2 amide bonds. The van der Waals surface area contributed by atoms with Crippen molar-refractivity contribution in [1.29, 1.82) is 0 Å². The lowest BCUT2D eigenvalue weighted by Gasteiger charge is -2.44. The van der Waals surface area contributed by atoms with Gasteiger partial charge in [-0.3, -0.25) is 9.59 Å².